The Morgan fingerprint density at radius 1 is 1.38 bits per heavy atom. The summed E-state index contributed by atoms with van der Waals surface area (Å²) in [6.45, 7) is 2.36. The maximum absolute atomic E-state index is 12.7. The maximum Gasteiger partial charge on any atom is 0.307 e. The summed E-state index contributed by atoms with van der Waals surface area (Å²) >= 11 is 0. The lowest BCUT2D eigenvalue weighted by molar-refractivity contribution is -0.139. The van der Waals surface area contributed by atoms with Crippen molar-refractivity contribution in [1.82, 2.24) is 4.90 Å². The number of carboxylic acid groups (broad SMARTS) is 1. The van der Waals surface area contributed by atoms with Crippen LogP contribution >= 0.6 is 0 Å². The molecule has 1 heterocycles. The van der Waals surface area contributed by atoms with E-state index in [4.69, 9.17) is 5.11 Å². The number of alkyl halides is 2. The van der Waals surface area contributed by atoms with E-state index in [0.29, 0.717) is 6.54 Å². The van der Waals surface area contributed by atoms with Crippen molar-refractivity contribution in [2.24, 2.45) is 11.3 Å². The first kappa shape index (κ1) is 14.4. The Balaban J connectivity index is 1.56. The van der Waals surface area contributed by atoms with E-state index in [-0.39, 0.29) is 16.9 Å². The predicted molar refractivity (Wildman–Crippen MR) is 74.1 cm³/mol. The molecule has 5 heteroatoms. The molecule has 1 aliphatic heterocycles. The lowest BCUT2D eigenvalue weighted by Crippen LogP contribution is -2.35. The molecule has 0 radical (unpaired) electrons. The number of nitrogens with zero attached hydrogens (tertiary/aromatic N) is 1. The molecular formula is C16H19F2NO2. The largest absolute Gasteiger partial charge is 0.481 e. The zero-order valence-corrected chi connectivity index (χ0v) is 11.8. The van der Waals surface area contributed by atoms with Crippen LogP contribution in [0.25, 0.3) is 0 Å². The fourth-order valence-electron chi connectivity index (χ4n) is 3.49. The van der Waals surface area contributed by atoms with Crippen LogP contribution in [0.2, 0.25) is 0 Å². The average Bonchev–Trinajstić information content (AvgIpc) is 3.16. The number of hydrogen-bond donors (Lipinski definition) is 1. The van der Waals surface area contributed by atoms with Crippen LogP contribution in [0.3, 0.4) is 0 Å². The number of halogens is 2. The summed E-state index contributed by atoms with van der Waals surface area (Å²) in [6.07, 6.45) is 0.172. The van der Waals surface area contributed by atoms with Gasteiger partial charge in [-0.2, -0.15) is 0 Å². The van der Waals surface area contributed by atoms with Crippen molar-refractivity contribution >= 4 is 5.97 Å². The van der Waals surface area contributed by atoms with E-state index in [2.05, 4.69) is 4.90 Å². The first-order valence-electron chi connectivity index (χ1n) is 7.32. The Morgan fingerprint density at radius 2 is 2.10 bits per heavy atom. The van der Waals surface area contributed by atoms with Gasteiger partial charge in [-0.05, 0) is 49.4 Å². The third-order valence-electron chi connectivity index (χ3n) is 4.95. The molecule has 1 aromatic rings. The van der Waals surface area contributed by atoms with Crippen molar-refractivity contribution in [2.45, 2.75) is 32.2 Å². The summed E-state index contributed by atoms with van der Waals surface area (Å²) in [5.74, 6) is -0.838. The minimum absolute atomic E-state index is 0.0210. The van der Waals surface area contributed by atoms with E-state index < -0.39 is 12.4 Å². The van der Waals surface area contributed by atoms with Gasteiger partial charge in [-0.15, -0.1) is 0 Å². The van der Waals surface area contributed by atoms with E-state index in [1.165, 1.54) is 6.07 Å². The molecule has 3 rings (SSSR count). The standard InChI is InChI=1S/C16H19F2NO2/c17-14(18)12-3-1-2-11(8-12)10-19-6-4-16(5-7-19)9-13(16)15(20)21/h1-3,8,13-14H,4-7,9-10H2,(H,20,21). The van der Waals surface area contributed by atoms with Crippen LogP contribution in [0.5, 0.6) is 0 Å². The van der Waals surface area contributed by atoms with Gasteiger partial charge in [0.25, 0.3) is 6.43 Å². The van der Waals surface area contributed by atoms with E-state index in [1.807, 2.05) is 6.07 Å². The summed E-state index contributed by atoms with van der Waals surface area (Å²) in [4.78, 5) is 13.3. The molecule has 1 saturated carbocycles. The van der Waals surface area contributed by atoms with Crippen LogP contribution in [0.4, 0.5) is 8.78 Å². The molecular weight excluding hydrogens is 276 g/mol. The molecule has 1 N–H and O–H groups in total. The lowest BCUT2D eigenvalue weighted by Gasteiger charge is -2.32. The highest BCUT2D eigenvalue weighted by molar-refractivity contribution is 5.74. The Labute approximate surface area is 122 Å². The Morgan fingerprint density at radius 3 is 2.67 bits per heavy atom. The second kappa shape index (κ2) is 5.37. The van der Waals surface area contributed by atoms with E-state index in [0.717, 1.165) is 37.9 Å². The Hall–Kier alpha value is -1.49. The molecule has 1 spiro atoms. The van der Waals surface area contributed by atoms with Gasteiger partial charge in [0.1, 0.15) is 0 Å². The number of aliphatic carboxylic acids is 1. The van der Waals surface area contributed by atoms with Crippen LogP contribution in [-0.4, -0.2) is 29.1 Å². The Bertz CT molecular complexity index is 539. The number of hydrogen-bond acceptors (Lipinski definition) is 2. The molecule has 3 nitrogen and oxygen atoms in total. The quantitative estimate of drug-likeness (QED) is 0.926. The highest BCUT2D eigenvalue weighted by Crippen LogP contribution is 2.59. The molecule has 114 valence electrons. The summed E-state index contributed by atoms with van der Waals surface area (Å²) in [5.41, 5.74) is 0.983. The number of piperidine rings is 1. The number of carboxylic acids is 1. The summed E-state index contributed by atoms with van der Waals surface area (Å²) < 4.78 is 25.4. The molecule has 1 saturated heterocycles. The van der Waals surface area contributed by atoms with Gasteiger partial charge in [-0.25, -0.2) is 8.78 Å². The molecule has 0 bridgehead atoms. The molecule has 21 heavy (non-hydrogen) atoms. The van der Waals surface area contributed by atoms with E-state index in [9.17, 15) is 13.6 Å². The third-order valence-corrected chi connectivity index (χ3v) is 4.95. The van der Waals surface area contributed by atoms with Crippen LogP contribution in [0, 0.1) is 11.3 Å². The number of likely N-dealkylation sites (tertiary alicyclic amines) is 1. The van der Waals surface area contributed by atoms with Gasteiger partial charge in [0.15, 0.2) is 0 Å². The molecule has 2 aliphatic rings. The number of carbonyl (C=O) groups is 1. The van der Waals surface area contributed by atoms with Gasteiger partial charge in [-0.1, -0.05) is 18.2 Å². The van der Waals surface area contributed by atoms with E-state index >= 15 is 0 Å². The van der Waals surface area contributed by atoms with Crippen molar-refractivity contribution in [3.63, 3.8) is 0 Å². The average molecular weight is 295 g/mol. The molecule has 0 amide bonds. The van der Waals surface area contributed by atoms with Crippen LogP contribution < -0.4 is 0 Å². The van der Waals surface area contributed by atoms with Crippen LogP contribution in [-0.2, 0) is 11.3 Å². The molecule has 1 atom stereocenters. The van der Waals surface area contributed by atoms with Gasteiger partial charge in [0.05, 0.1) is 5.92 Å². The topological polar surface area (TPSA) is 40.5 Å². The molecule has 1 aromatic carbocycles. The molecule has 0 aromatic heterocycles. The first-order chi connectivity index (χ1) is 10.00. The monoisotopic (exact) mass is 295 g/mol. The van der Waals surface area contributed by atoms with Crippen molar-refractivity contribution in [2.75, 3.05) is 13.1 Å². The molecule has 1 aliphatic carbocycles. The first-order valence-corrected chi connectivity index (χ1v) is 7.32. The minimum Gasteiger partial charge on any atom is -0.481 e. The Kier molecular flexibility index (Phi) is 3.69. The van der Waals surface area contributed by atoms with E-state index in [1.54, 1.807) is 12.1 Å². The van der Waals surface area contributed by atoms with Gasteiger partial charge in [0.2, 0.25) is 0 Å². The fraction of sp³-hybridized carbons (Fsp3) is 0.562. The summed E-state index contributed by atoms with van der Waals surface area (Å²) in [6, 6.07) is 6.55. The zero-order chi connectivity index (χ0) is 15.0. The van der Waals surface area contributed by atoms with Crippen LogP contribution in [0.15, 0.2) is 24.3 Å². The minimum atomic E-state index is -2.43. The molecule has 1 unspecified atom stereocenters. The second-order valence-electron chi connectivity index (χ2n) is 6.28. The number of benzene rings is 1. The van der Waals surface area contributed by atoms with Crippen LogP contribution in [0.1, 0.15) is 36.8 Å². The van der Waals surface area contributed by atoms with Crippen molar-refractivity contribution in [1.29, 1.82) is 0 Å². The van der Waals surface area contributed by atoms with Crippen molar-refractivity contribution in [3.8, 4) is 0 Å². The lowest BCUT2D eigenvalue weighted by atomic mass is 9.90. The van der Waals surface area contributed by atoms with Gasteiger partial charge >= 0.3 is 5.97 Å². The van der Waals surface area contributed by atoms with Crippen molar-refractivity contribution < 1.29 is 18.7 Å². The summed E-state index contributed by atoms with van der Waals surface area (Å²) in [5, 5.41) is 9.07. The smallest absolute Gasteiger partial charge is 0.307 e. The SMILES string of the molecule is O=C(O)C1CC12CCN(Cc1cccc(C(F)F)c1)CC2. The second-order valence-corrected chi connectivity index (χ2v) is 6.28. The number of rotatable bonds is 4. The summed E-state index contributed by atoms with van der Waals surface area (Å²) in [7, 11) is 0. The normalized spacial score (nSPS) is 24.4. The maximum atomic E-state index is 12.7. The molecule has 2 fully saturated rings. The van der Waals surface area contributed by atoms with Gasteiger partial charge < -0.3 is 5.11 Å². The highest BCUT2D eigenvalue weighted by Gasteiger charge is 2.58. The van der Waals surface area contributed by atoms with Gasteiger partial charge in [-0.3, -0.25) is 9.69 Å². The van der Waals surface area contributed by atoms with Crippen molar-refractivity contribution in [3.05, 3.63) is 35.4 Å². The third kappa shape index (κ3) is 2.93. The fourth-order valence-corrected chi connectivity index (χ4v) is 3.49. The highest BCUT2D eigenvalue weighted by atomic mass is 19.3. The zero-order valence-electron chi connectivity index (χ0n) is 11.8. The predicted octanol–water partition coefficient (Wildman–Crippen LogP) is 3.31. The van der Waals surface area contributed by atoms with Gasteiger partial charge in [0, 0.05) is 12.1 Å².